The minimum atomic E-state index is -0.137. The Labute approximate surface area is 192 Å². The maximum Gasteiger partial charge on any atom is 0.266 e. The van der Waals surface area contributed by atoms with Crippen LogP contribution in [0, 0.1) is 0 Å². The molecule has 2 amide bonds. The van der Waals surface area contributed by atoms with Gasteiger partial charge in [-0.05, 0) is 35.8 Å². The van der Waals surface area contributed by atoms with E-state index in [1.165, 1.54) is 22.2 Å². The van der Waals surface area contributed by atoms with Crippen molar-refractivity contribution in [3.8, 4) is 5.75 Å². The second-order valence-electron chi connectivity index (χ2n) is 7.59. The summed E-state index contributed by atoms with van der Waals surface area (Å²) in [6.07, 6.45) is 3.08. The number of likely N-dealkylation sites (tertiary alicyclic amines) is 1. The second kappa shape index (κ2) is 9.66. The number of nitrogens with zero attached hydrogens (tertiary/aromatic N) is 2. The third-order valence-corrected chi connectivity index (χ3v) is 7.03. The predicted molar refractivity (Wildman–Crippen MR) is 128 cm³/mol. The number of thiocarbonyl (C=S) groups is 1. The molecule has 2 saturated heterocycles. The van der Waals surface area contributed by atoms with Gasteiger partial charge in [0.05, 0.1) is 12.0 Å². The van der Waals surface area contributed by atoms with Gasteiger partial charge in [0.25, 0.3) is 5.91 Å². The van der Waals surface area contributed by atoms with Gasteiger partial charge in [-0.1, -0.05) is 66.4 Å². The van der Waals surface area contributed by atoms with Crippen molar-refractivity contribution in [3.63, 3.8) is 0 Å². The van der Waals surface area contributed by atoms with Crippen LogP contribution >= 0.6 is 24.0 Å². The molecular formula is C24H24N2O3S2. The lowest BCUT2D eigenvalue weighted by atomic mass is 9.99. The second-order valence-corrected chi connectivity index (χ2v) is 9.27. The number of carbonyl (C=O) groups excluding carboxylic acids is 2. The first-order valence-electron chi connectivity index (χ1n) is 10.3. The lowest BCUT2D eigenvalue weighted by molar-refractivity contribution is -0.130. The smallest absolute Gasteiger partial charge is 0.266 e. The zero-order valence-electron chi connectivity index (χ0n) is 17.3. The summed E-state index contributed by atoms with van der Waals surface area (Å²) in [5.41, 5.74) is 2.18. The van der Waals surface area contributed by atoms with Gasteiger partial charge >= 0.3 is 0 Å². The van der Waals surface area contributed by atoms with E-state index in [1.807, 2.05) is 53.4 Å². The number of ether oxygens (including phenoxy) is 1. The fourth-order valence-electron chi connectivity index (χ4n) is 3.89. The molecule has 0 aromatic heterocycles. The Morgan fingerprint density at radius 2 is 1.94 bits per heavy atom. The number of amides is 2. The maximum atomic E-state index is 12.8. The Balaban J connectivity index is 1.33. The van der Waals surface area contributed by atoms with Gasteiger partial charge in [-0.25, -0.2) is 0 Å². The van der Waals surface area contributed by atoms with E-state index in [0.29, 0.717) is 21.7 Å². The van der Waals surface area contributed by atoms with E-state index in [0.717, 1.165) is 30.8 Å². The van der Waals surface area contributed by atoms with Gasteiger partial charge in [-0.3, -0.25) is 14.5 Å². The number of hydrogen-bond acceptors (Lipinski definition) is 5. The van der Waals surface area contributed by atoms with Crippen LogP contribution in [0.15, 0.2) is 59.5 Å². The molecule has 0 radical (unpaired) electrons. The molecule has 2 aromatic carbocycles. The largest absolute Gasteiger partial charge is 0.497 e. The summed E-state index contributed by atoms with van der Waals surface area (Å²) in [5, 5.41) is 0. The van der Waals surface area contributed by atoms with E-state index in [1.54, 1.807) is 7.11 Å². The van der Waals surface area contributed by atoms with Crippen LogP contribution in [0.25, 0.3) is 6.08 Å². The summed E-state index contributed by atoms with van der Waals surface area (Å²) in [7, 11) is 1.62. The molecule has 0 aliphatic carbocycles. The summed E-state index contributed by atoms with van der Waals surface area (Å²) >= 11 is 6.68. The van der Waals surface area contributed by atoms with Gasteiger partial charge in [0.2, 0.25) is 5.91 Å². The van der Waals surface area contributed by atoms with Gasteiger partial charge in [0, 0.05) is 32.0 Å². The van der Waals surface area contributed by atoms with Crippen LogP contribution in [0.5, 0.6) is 5.75 Å². The lowest BCUT2D eigenvalue weighted by Gasteiger charge is -2.19. The molecule has 4 rings (SSSR count). The summed E-state index contributed by atoms with van der Waals surface area (Å²) in [4.78, 5) is 29.6. The zero-order chi connectivity index (χ0) is 21.8. The van der Waals surface area contributed by atoms with Gasteiger partial charge in [-0.15, -0.1) is 0 Å². The standard InChI is InChI=1S/C24H24N2O3S2/c1-29-20-9-7-17(8-10-20)15-21-23(28)26(24(30)31-21)14-12-22(27)25-13-11-19(16-25)18-5-3-2-4-6-18/h2-10,15,19H,11-14,16H2,1H3/b21-15-/t19-/m0/s1. The topological polar surface area (TPSA) is 49.9 Å². The minimum Gasteiger partial charge on any atom is -0.497 e. The normalized spacial score (nSPS) is 20.0. The molecule has 31 heavy (non-hydrogen) atoms. The summed E-state index contributed by atoms with van der Waals surface area (Å²) < 4.78 is 5.67. The third kappa shape index (κ3) is 4.99. The molecule has 5 nitrogen and oxygen atoms in total. The number of hydrogen-bond donors (Lipinski definition) is 0. The van der Waals surface area contributed by atoms with Crippen LogP contribution in [0.4, 0.5) is 0 Å². The van der Waals surface area contributed by atoms with E-state index in [2.05, 4.69) is 12.1 Å². The van der Waals surface area contributed by atoms with Crippen molar-refractivity contribution in [2.24, 2.45) is 0 Å². The molecular weight excluding hydrogens is 428 g/mol. The van der Waals surface area contributed by atoms with Crippen molar-refractivity contribution in [3.05, 3.63) is 70.6 Å². The molecule has 0 bridgehead atoms. The summed E-state index contributed by atoms with van der Waals surface area (Å²) in [6, 6.07) is 17.8. The molecule has 2 aliphatic rings. The maximum absolute atomic E-state index is 12.8. The lowest BCUT2D eigenvalue weighted by Crippen LogP contribution is -2.35. The Bertz CT molecular complexity index is 1010. The first-order valence-corrected chi connectivity index (χ1v) is 11.5. The number of methoxy groups -OCH3 is 1. The Morgan fingerprint density at radius 1 is 1.19 bits per heavy atom. The molecule has 2 heterocycles. The van der Waals surface area contributed by atoms with E-state index < -0.39 is 0 Å². The van der Waals surface area contributed by atoms with Crippen molar-refractivity contribution in [2.75, 3.05) is 26.7 Å². The molecule has 2 aromatic rings. The number of rotatable bonds is 6. The molecule has 1 atom stereocenters. The highest BCUT2D eigenvalue weighted by atomic mass is 32.2. The predicted octanol–water partition coefficient (Wildman–Crippen LogP) is 4.30. The van der Waals surface area contributed by atoms with Crippen molar-refractivity contribution in [1.82, 2.24) is 9.80 Å². The third-order valence-electron chi connectivity index (χ3n) is 5.65. The average molecular weight is 453 g/mol. The fourth-order valence-corrected chi connectivity index (χ4v) is 5.20. The summed E-state index contributed by atoms with van der Waals surface area (Å²) in [5.74, 6) is 1.09. The van der Waals surface area contributed by atoms with E-state index in [9.17, 15) is 9.59 Å². The monoisotopic (exact) mass is 452 g/mol. The van der Waals surface area contributed by atoms with Gasteiger partial charge in [0.15, 0.2) is 0 Å². The number of carbonyl (C=O) groups is 2. The molecule has 0 N–H and O–H groups in total. The van der Waals surface area contributed by atoms with Crippen LogP contribution in [-0.2, 0) is 9.59 Å². The van der Waals surface area contributed by atoms with Gasteiger partial charge in [0.1, 0.15) is 10.1 Å². The van der Waals surface area contributed by atoms with E-state index in [4.69, 9.17) is 17.0 Å². The molecule has 7 heteroatoms. The van der Waals surface area contributed by atoms with Crippen molar-refractivity contribution < 1.29 is 14.3 Å². The van der Waals surface area contributed by atoms with Crippen LogP contribution in [0.2, 0.25) is 0 Å². The molecule has 160 valence electrons. The number of benzene rings is 2. The van der Waals surface area contributed by atoms with Crippen LogP contribution in [0.3, 0.4) is 0 Å². The average Bonchev–Trinajstić information content (AvgIpc) is 3.39. The van der Waals surface area contributed by atoms with Crippen molar-refractivity contribution in [2.45, 2.75) is 18.8 Å². The van der Waals surface area contributed by atoms with Crippen LogP contribution < -0.4 is 4.74 Å². The molecule has 2 fully saturated rings. The first-order chi connectivity index (χ1) is 15.0. The highest BCUT2D eigenvalue weighted by Crippen LogP contribution is 2.33. The summed E-state index contributed by atoms with van der Waals surface area (Å²) in [6.45, 7) is 1.81. The SMILES string of the molecule is COc1ccc(/C=C2\SC(=S)N(CCC(=O)N3CC[C@H](c4ccccc4)C3)C2=O)cc1. The molecule has 0 unspecified atom stereocenters. The zero-order valence-corrected chi connectivity index (χ0v) is 19.0. The van der Waals surface area contributed by atoms with E-state index in [-0.39, 0.29) is 18.2 Å². The van der Waals surface area contributed by atoms with Crippen molar-refractivity contribution in [1.29, 1.82) is 0 Å². The quantitative estimate of drug-likeness (QED) is 0.483. The van der Waals surface area contributed by atoms with Gasteiger partial charge in [-0.2, -0.15) is 0 Å². The minimum absolute atomic E-state index is 0.0756. The molecule has 2 aliphatic heterocycles. The highest BCUT2D eigenvalue weighted by Gasteiger charge is 2.33. The molecule has 0 saturated carbocycles. The van der Waals surface area contributed by atoms with Gasteiger partial charge < -0.3 is 9.64 Å². The highest BCUT2D eigenvalue weighted by molar-refractivity contribution is 8.26. The fraction of sp³-hybridized carbons (Fsp3) is 0.292. The van der Waals surface area contributed by atoms with Crippen LogP contribution in [-0.4, -0.2) is 52.7 Å². The first kappa shape index (κ1) is 21.6. The Morgan fingerprint density at radius 3 is 2.65 bits per heavy atom. The van der Waals surface area contributed by atoms with Crippen LogP contribution in [0.1, 0.15) is 29.9 Å². The van der Waals surface area contributed by atoms with E-state index >= 15 is 0 Å². The van der Waals surface area contributed by atoms with Crippen molar-refractivity contribution >= 4 is 46.2 Å². The Kier molecular flexibility index (Phi) is 6.73. The Hall–Kier alpha value is -2.64. The number of thioether (sulfide) groups is 1. The molecule has 0 spiro atoms.